The van der Waals surface area contributed by atoms with Crippen molar-refractivity contribution in [1.82, 2.24) is 5.32 Å². The lowest BCUT2D eigenvalue weighted by molar-refractivity contribution is 0.200. The molecule has 0 aliphatic heterocycles. The first kappa shape index (κ1) is 12.4. The monoisotopic (exact) mass is 223 g/mol. The van der Waals surface area contributed by atoms with Crippen molar-refractivity contribution in [1.29, 1.82) is 0 Å². The van der Waals surface area contributed by atoms with Crippen LogP contribution in [0.25, 0.3) is 0 Å². The van der Waals surface area contributed by atoms with Crippen LogP contribution >= 0.6 is 0 Å². The molecule has 3 unspecified atom stereocenters. The van der Waals surface area contributed by atoms with E-state index in [1.807, 2.05) is 0 Å². The molecule has 0 spiro atoms. The van der Waals surface area contributed by atoms with Crippen LogP contribution in [0.5, 0.6) is 0 Å². The fourth-order valence-electron chi connectivity index (χ4n) is 3.60. The van der Waals surface area contributed by atoms with Gasteiger partial charge in [-0.3, -0.25) is 0 Å². The number of hydrogen-bond donors (Lipinski definition) is 1. The normalized spacial score (nSPS) is 38.8. The summed E-state index contributed by atoms with van der Waals surface area (Å²) in [7, 11) is 0. The van der Waals surface area contributed by atoms with Crippen LogP contribution in [0.15, 0.2) is 0 Å². The smallest absolute Gasteiger partial charge is 0.00954 e. The second kappa shape index (κ2) is 5.08. The average Bonchev–Trinajstić information content (AvgIpc) is 2.67. The Labute approximate surface area is 101 Å². The molecule has 2 aliphatic carbocycles. The lowest BCUT2D eigenvalue weighted by Gasteiger charge is -2.36. The highest BCUT2D eigenvalue weighted by atomic mass is 14.9. The summed E-state index contributed by atoms with van der Waals surface area (Å²) in [6.45, 7) is 8.58. The molecule has 3 atom stereocenters. The first-order valence-corrected chi connectivity index (χ1v) is 7.32. The summed E-state index contributed by atoms with van der Waals surface area (Å²) in [5.41, 5.74) is 0.612. The summed E-state index contributed by atoms with van der Waals surface area (Å²) in [4.78, 5) is 0. The van der Waals surface area contributed by atoms with Gasteiger partial charge in [-0.15, -0.1) is 0 Å². The van der Waals surface area contributed by atoms with Crippen molar-refractivity contribution in [2.24, 2.45) is 17.3 Å². The third-order valence-electron chi connectivity index (χ3n) is 5.06. The first-order chi connectivity index (χ1) is 7.59. The third-order valence-corrected chi connectivity index (χ3v) is 5.06. The van der Waals surface area contributed by atoms with E-state index in [0.717, 1.165) is 17.9 Å². The van der Waals surface area contributed by atoms with Crippen molar-refractivity contribution in [3.8, 4) is 0 Å². The second-order valence-corrected chi connectivity index (χ2v) is 6.90. The van der Waals surface area contributed by atoms with E-state index >= 15 is 0 Å². The van der Waals surface area contributed by atoms with E-state index in [1.165, 1.54) is 51.5 Å². The zero-order valence-corrected chi connectivity index (χ0v) is 11.4. The molecule has 1 N–H and O–H groups in total. The zero-order valence-electron chi connectivity index (χ0n) is 11.4. The summed E-state index contributed by atoms with van der Waals surface area (Å²) in [6, 6.07) is 0.793. The van der Waals surface area contributed by atoms with Crippen LogP contribution in [0.3, 0.4) is 0 Å². The van der Waals surface area contributed by atoms with Gasteiger partial charge in [0.15, 0.2) is 0 Å². The molecule has 0 amide bonds. The maximum absolute atomic E-state index is 3.88. The molecule has 2 aliphatic rings. The van der Waals surface area contributed by atoms with Gasteiger partial charge in [-0.05, 0) is 42.9 Å². The average molecular weight is 223 g/mol. The van der Waals surface area contributed by atoms with Gasteiger partial charge in [-0.1, -0.05) is 40.0 Å². The van der Waals surface area contributed by atoms with Gasteiger partial charge in [0.25, 0.3) is 0 Å². The Bertz CT molecular complexity index is 217. The molecule has 2 rings (SSSR count). The number of hydrogen-bond acceptors (Lipinski definition) is 1. The summed E-state index contributed by atoms with van der Waals surface area (Å²) in [6.07, 6.45) is 10.1. The van der Waals surface area contributed by atoms with E-state index < -0.39 is 0 Å². The van der Waals surface area contributed by atoms with Crippen molar-refractivity contribution >= 4 is 0 Å². The molecular formula is C15H29N. The maximum atomic E-state index is 3.88. The van der Waals surface area contributed by atoms with E-state index in [-0.39, 0.29) is 0 Å². The quantitative estimate of drug-likeness (QED) is 0.763. The van der Waals surface area contributed by atoms with Crippen molar-refractivity contribution < 1.29 is 0 Å². The van der Waals surface area contributed by atoms with Crippen molar-refractivity contribution in [3.05, 3.63) is 0 Å². The SMILES string of the molecule is CC1CCC(C)C(NCC2(C)CCCC2)C1. The minimum Gasteiger partial charge on any atom is -0.313 e. The van der Waals surface area contributed by atoms with Gasteiger partial charge in [0, 0.05) is 12.6 Å². The van der Waals surface area contributed by atoms with Crippen LogP contribution in [-0.4, -0.2) is 12.6 Å². The lowest BCUT2D eigenvalue weighted by Crippen LogP contribution is -2.43. The molecule has 2 saturated carbocycles. The van der Waals surface area contributed by atoms with Gasteiger partial charge in [-0.25, -0.2) is 0 Å². The highest BCUT2D eigenvalue weighted by Crippen LogP contribution is 2.37. The summed E-state index contributed by atoms with van der Waals surface area (Å²) < 4.78 is 0. The molecule has 94 valence electrons. The van der Waals surface area contributed by atoms with Crippen molar-refractivity contribution in [2.75, 3.05) is 6.54 Å². The Morgan fingerprint density at radius 1 is 1.12 bits per heavy atom. The summed E-state index contributed by atoms with van der Waals surface area (Å²) >= 11 is 0. The van der Waals surface area contributed by atoms with E-state index in [2.05, 4.69) is 26.1 Å². The highest BCUT2D eigenvalue weighted by Gasteiger charge is 2.31. The predicted octanol–water partition coefficient (Wildman–Crippen LogP) is 3.98. The van der Waals surface area contributed by atoms with E-state index in [4.69, 9.17) is 0 Å². The molecule has 1 nitrogen and oxygen atoms in total. The summed E-state index contributed by atoms with van der Waals surface area (Å²) in [5, 5.41) is 3.88. The lowest BCUT2D eigenvalue weighted by atomic mass is 9.79. The molecule has 0 bridgehead atoms. The molecule has 0 heterocycles. The molecule has 0 saturated heterocycles. The van der Waals surface area contributed by atoms with Crippen LogP contribution in [-0.2, 0) is 0 Å². The van der Waals surface area contributed by atoms with Crippen LogP contribution < -0.4 is 5.32 Å². The molecule has 0 aromatic carbocycles. The minimum atomic E-state index is 0.612. The van der Waals surface area contributed by atoms with Gasteiger partial charge in [0.05, 0.1) is 0 Å². The first-order valence-electron chi connectivity index (χ1n) is 7.32. The van der Waals surface area contributed by atoms with Crippen LogP contribution in [0.4, 0.5) is 0 Å². The topological polar surface area (TPSA) is 12.0 Å². The fourth-order valence-corrected chi connectivity index (χ4v) is 3.60. The van der Waals surface area contributed by atoms with Crippen LogP contribution in [0.2, 0.25) is 0 Å². The van der Waals surface area contributed by atoms with Gasteiger partial charge in [0.2, 0.25) is 0 Å². The van der Waals surface area contributed by atoms with Crippen molar-refractivity contribution in [3.63, 3.8) is 0 Å². The molecule has 0 aromatic rings. The van der Waals surface area contributed by atoms with Gasteiger partial charge in [-0.2, -0.15) is 0 Å². The Hall–Kier alpha value is -0.0400. The number of nitrogens with one attached hydrogen (secondary N) is 1. The second-order valence-electron chi connectivity index (χ2n) is 6.90. The Balaban J connectivity index is 1.79. The van der Waals surface area contributed by atoms with Gasteiger partial charge >= 0.3 is 0 Å². The van der Waals surface area contributed by atoms with Crippen LogP contribution in [0, 0.1) is 17.3 Å². The Morgan fingerprint density at radius 3 is 2.50 bits per heavy atom. The highest BCUT2D eigenvalue weighted by molar-refractivity contribution is 4.87. The third kappa shape index (κ3) is 3.00. The maximum Gasteiger partial charge on any atom is 0.00954 e. The van der Waals surface area contributed by atoms with Crippen LogP contribution in [0.1, 0.15) is 65.7 Å². The molecule has 2 fully saturated rings. The zero-order chi connectivity index (χ0) is 11.6. The van der Waals surface area contributed by atoms with E-state index in [1.54, 1.807) is 0 Å². The van der Waals surface area contributed by atoms with E-state index in [0.29, 0.717) is 5.41 Å². The van der Waals surface area contributed by atoms with Crippen molar-refractivity contribution in [2.45, 2.75) is 71.8 Å². The van der Waals surface area contributed by atoms with Gasteiger partial charge in [0.1, 0.15) is 0 Å². The minimum absolute atomic E-state index is 0.612. The fraction of sp³-hybridized carbons (Fsp3) is 1.00. The Morgan fingerprint density at radius 2 is 1.81 bits per heavy atom. The van der Waals surface area contributed by atoms with E-state index in [9.17, 15) is 0 Å². The molecule has 0 radical (unpaired) electrons. The largest absolute Gasteiger partial charge is 0.313 e. The summed E-state index contributed by atoms with van der Waals surface area (Å²) in [5.74, 6) is 1.83. The molecular weight excluding hydrogens is 194 g/mol. The standard InChI is InChI=1S/C15H29N/c1-12-6-7-13(2)14(10-12)16-11-15(3)8-4-5-9-15/h12-14,16H,4-11H2,1-3H3. The Kier molecular flexibility index (Phi) is 3.94. The molecule has 1 heteroatoms. The molecule has 0 aromatic heterocycles. The van der Waals surface area contributed by atoms with Gasteiger partial charge < -0.3 is 5.32 Å². The number of rotatable bonds is 3. The molecule has 16 heavy (non-hydrogen) atoms. The predicted molar refractivity (Wildman–Crippen MR) is 70.5 cm³/mol.